The van der Waals surface area contributed by atoms with Gasteiger partial charge < -0.3 is 0 Å². The lowest BCUT2D eigenvalue weighted by Gasteiger charge is -2.03. The summed E-state index contributed by atoms with van der Waals surface area (Å²) in [7, 11) is 0. The molecule has 1 rings (SSSR count). The van der Waals surface area contributed by atoms with Crippen LogP contribution in [0.5, 0.6) is 0 Å². The van der Waals surface area contributed by atoms with Crippen LogP contribution in [0.3, 0.4) is 0 Å². The highest BCUT2D eigenvalue weighted by molar-refractivity contribution is 8.04. The van der Waals surface area contributed by atoms with Crippen molar-refractivity contribution in [2.45, 2.75) is 12.8 Å². The highest BCUT2D eigenvalue weighted by Crippen LogP contribution is 2.26. The molecular formula is C5H7ClS. The molecule has 0 aromatic rings. The second kappa shape index (κ2) is 2.63. The summed E-state index contributed by atoms with van der Waals surface area (Å²) in [5.74, 6) is 1.20. The van der Waals surface area contributed by atoms with Crippen molar-refractivity contribution in [1.29, 1.82) is 0 Å². The van der Waals surface area contributed by atoms with Crippen LogP contribution >= 0.6 is 23.4 Å². The highest BCUT2D eigenvalue weighted by Gasteiger charge is 1.97. The van der Waals surface area contributed by atoms with E-state index in [4.69, 9.17) is 11.6 Å². The van der Waals surface area contributed by atoms with Crippen molar-refractivity contribution < 1.29 is 0 Å². The van der Waals surface area contributed by atoms with Gasteiger partial charge in [0.1, 0.15) is 0 Å². The largest absolute Gasteiger partial charge is 0.114 e. The van der Waals surface area contributed by atoms with Crippen molar-refractivity contribution in [1.82, 2.24) is 0 Å². The van der Waals surface area contributed by atoms with Gasteiger partial charge in [-0.2, -0.15) is 0 Å². The lowest BCUT2D eigenvalue weighted by atomic mass is 10.3. The van der Waals surface area contributed by atoms with Crippen molar-refractivity contribution >= 4 is 23.4 Å². The van der Waals surface area contributed by atoms with Crippen molar-refractivity contribution in [3.05, 3.63) is 10.4 Å². The molecule has 1 aliphatic heterocycles. The Morgan fingerprint density at radius 2 is 2.57 bits per heavy atom. The number of allylic oxidation sites excluding steroid dienone is 1. The van der Waals surface area contributed by atoms with Gasteiger partial charge in [-0.25, -0.2) is 0 Å². The second-order valence-corrected chi connectivity index (χ2v) is 3.27. The van der Waals surface area contributed by atoms with E-state index in [2.05, 4.69) is 6.08 Å². The monoisotopic (exact) mass is 134 g/mol. The number of halogens is 1. The second-order valence-electron chi connectivity index (χ2n) is 1.50. The van der Waals surface area contributed by atoms with E-state index in [1.54, 1.807) is 11.8 Å². The Hall–Kier alpha value is 0.380. The molecule has 0 saturated heterocycles. The Morgan fingerprint density at radius 3 is 2.86 bits per heavy atom. The molecule has 0 aromatic carbocycles. The number of hydrogen-bond donors (Lipinski definition) is 0. The first-order chi connectivity index (χ1) is 3.39. The Balaban J connectivity index is 2.40. The van der Waals surface area contributed by atoms with Gasteiger partial charge in [-0.3, -0.25) is 0 Å². The summed E-state index contributed by atoms with van der Waals surface area (Å²) >= 11 is 7.39. The zero-order valence-corrected chi connectivity index (χ0v) is 5.56. The zero-order chi connectivity index (χ0) is 5.11. The van der Waals surface area contributed by atoms with Crippen molar-refractivity contribution in [2.24, 2.45) is 0 Å². The number of hydrogen-bond acceptors (Lipinski definition) is 1. The molecule has 0 unspecified atom stereocenters. The van der Waals surface area contributed by atoms with Gasteiger partial charge in [-0.05, 0) is 18.6 Å². The van der Waals surface area contributed by atoms with Crippen molar-refractivity contribution in [2.75, 3.05) is 5.75 Å². The Kier molecular flexibility index (Phi) is 2.07. The normalized spacial score (nSPS) is 21.6. The summed E-state index contributed by atoms with van der Waals surface area (Å²) in [6.45, 7) is 0. The van der Waals surface area contributed by atoms with E-state index in [1.807, 2.05) is 0 Å². The van der Waals surface area contributed by atoms with Crippen LogP contribution in [0.4, 0.5) is 0 Å². The van der Waals surface area contributed by atoms with Crippen LogP contribution < -0.4 is 0 Å². The molecule has 0 spiro atoms. The molecule has 0 radical (unpaired) electrons. The van der Waals surface area contributed by atoms with Gasteiger partial charge >= 0.3 is 0 Å². The smallest absolute Gasteiger partial charge is 0.0694 e. The Labute approximate surface area is 52.9 Å². The van der Waals surface area contributed by atoms with E-state index in [-0.39, 0.29) is 0 Å². The fraction of sp³-hybridized carbons (Fsp3) is 0.600. The first-order valence-corrected chi connectivity index (χ1v) is 3.74. The quantitative estimate of drug-likeness (QED) is 0.491. The minimum atomic E-state index is 0.978. The van der Waals surface area contributed by atoms with Gasteiger partial charge in [0.2, 0.25) is 0 Å². The maximum Gasteiger partial charge on any atom is 0.0694 e. The molecule has 40 valence electrons. The van der Waals surface area contributed by atoms with Crippen molar-refractivity contribution in [3.63, 3.8) is 0 Å². The zero-order valence-electron chi connectivity index (χ0n) is 3.98. The molecule has 1 heterocycles. The molecule has 0 aliphatic carbocycles. The van der Waals surface area contributed by atoms with Crippen LogP contribution in [0, 0.1) is 0 Å². The van der Waals surface area contributed by atoms with Crippen LogP contribution in [-0.4, -0.2) is 5.75 Å². The van der Waals surface area contributed by atoms with Gasteiger partial charge in [0.05, 0.1) is 4.36 Å². The van der Waals surface area contributed by atoms with E-state index in [0.717, 1.165) is 4.36 Å². The van der Waals surface area contributed by atoms with Crippen LogP contribution in [0.2, 0.25) is 0 Å². The van der Waals surface area contributed by atoms with Crippen LogP contribution in [0.25, 0.3) is 0 Å². The fourth-order valence-electron chi connectivity index (χ4n) is 0.527. The van der Waals surface area contributed by atoms with Crippen LogP contribution in [0.15, 0.2) is 10.4 Å². The average Bonchev–Trinajstić information content (AvgIpc) is 1.69. The third kappa shape index (κ3) is 1.74. The third-order valence-corrected chi connectivity index (χ3v) is 2.31. The predicted octanol–water partition coefficient (Wildman–Crippen LogP) is 2.59. The van der Waals surface area contributed by atoms with E-state index in [9.17, 15) is 0 Å². The molecule has 0 N–H and O–H groups in total. The lowest BCUT2D eigenvalue weighted by Crippen LogP contribution is -1.83. The standard InChI is InChI=1S/C5H7ClS/c6-5-3-1-2-4-7-5/h3H,1-2,4H2. The van der Waals surface area contributed by atoms with E-state index in [1.165, 1.54) is 18.6 Å². The summed E-state index contributed by atoms with van der Waals surface area (Å²) in [5, 5.41) is 0. The average molecular weight is 135 g/mol. The Morgan fingerprint density at radius 1 is 1.71 bits per heavy atom. The van der Waals surface area contributed by atoms with Gasteiger partial charge in [-0.15, -0.1) is 11.8 Å². The summed E-state index contributed by atoms with van der Waals surface area (Å²) in [5.41, 5.74) is 0. The number of thioether (sulfide) groups is 1. The SMILES string of the molecule is ClC1=CCCCS1. The van der Waals surface area contributed by atoms with Gasteiger partial charge in [0.25, 0.3) is 0 Å². The summed E-state index contributed by atoms with van der Waals surface area (Å²) in [4.78, 5) is 0. The molecule has 0 atom stereocenters. The molecule has 2 heteroatoms. The molecular weight excluding hydrogens is 128 g/mol. The maximum absolute atomic E-state index is 5.64. The lowest BCUT2D eigenvalue weighted by molar-refractivity contribution is 0.964. The van der Waals surface area contributed by atoms with E-state index < -0.39 is 0 Å². The van der Waals surface area contributed by atoms with Gasteiger partial charge in [0, 0.05) is 0 Å². The summed E-state index contributed by atoms with van der Waals surface area (Å²) < 4.78 is 0.978. The predicted molar refractivity (Wildman–Crippen MR) is 35.6 cm³/mol. The molecule has 0 amide bonds. The maximum atomic E-state index is 5.64. The van der Waals surface area contributed by atoms with Crippen LogP contribution in [-0.2, 0) is 0 Å². The molecule has 1 aliphatic rings. The first-order valence-electron chi connectivity index (χ1n) is 2.38. The van der Waals surface area contributed by atoms with Gasteiger partial charge in [-0.1, -0.05) is 17.7 Å². The molecule has 0 saturated carbocycles. The summed E-state index contributed by atoms with van der Waals surface area (Å²) in [6.07, 6.45) is 4.54. The Bertz CT molecular complexity index is 88.1. The van der Waals surface area contributed by atoms with Crippen molar-refractivity contribution in [3.8, 4) is 0 Å². The minimum absolute atomic E-state index is 0.978. The number of rotatable bonds is 0. The molecule has 0 bridgehead atoms. The topological polar surface area (TPSA) is 0 Å². The summed E-state index contributed by atoms with van der Waals surface area (Å²) in [6, 6.07) is 0. The van der Waals surface area contributed by atoms with Gasteiger partial charge in [0.15, 0.2) is 0 Å². The third-order valence-electron chi connectivity index (χ3n) is 0.893. The van der Waals surface area contributed by atoms with E-state index in [0.29, 0.717) is 0 Å². The highest BCUT2D eigenvalue weighted by atomic mass is 35.5. The molecule has 0 aromatic heterocycles. The minimum Gasteiger partial charge on any atom is -0.114 e. The first kappa shape index (κ1) is 5.52. The molecule has 0 nitrogen and oxygen atoms in total. The van der Waals surface area contributed by atoms with Crippen LogP contribution in [0.1, 0.15) is 12.8 Å². The molecule has 0 fully saturated rings. The van der Waals surface area contributed by atoms with E-state index >= 15 is 0 Å². The fourth-order valence-corrected chi connectivity index (χ4v) is 1.61. The molecule has 7 heavy (non-hydrogen) atoms.